The zero-order valence-electron chi connectivity index (χ0n) is 21.6. The van der Waals surface area contributed by atoms with Gasteiger partial charge in [-0.1, -0.05) is 5.92 Å². The number of rotatable bonds is 9. The van der Waals surface area contributed by atoms with E-state index in [1.807, 2.05) is 14.1 Å². The van der Waals surface area contributed by atoms with Crippen molar-refractivity contribution in [2.75, 3.05) is 37.8 Å². The summed E-state index contributed by atoms with van der Waals surface area (Å²) in [6, 6.07) is 5.92. The van der Waals surface area contributed by atoms with Gasteiger partial charge in [0, 0.05) is 23.6 Å². The first-order valence-corrected chi connectivity index (χ1v) is 11.9. The number of amides is 1. The average Bonchev–Trinajstić information content (AvgIpc) is 3.24. The van der Waals surface area contributed by atoms with Gasteiger partial charge in [-0.05, 0) is 47.2 Å². The van der Waals surface area contributed by atoms with E-state index in [1.54, 1.807) is 19.1 Å². The second-order valence-corrected chi connectivity index (χ2v) is 9.65. The number of hydrogen-bond donors (Lipinski definition) is 2. The third kappa shape index (κ3) is 6.65. The lowest BCUT2D eigenvalue weighted by Gasteiger charge is -2.28. The van der Waals surface area contributed by atoms with E-state index in [9.17, 15) is 19.3 Å². The number of fused-ring (bicyclic) bond motifs is 1. The van der Waals surface area contributed by atoms with E-state index in [0.29, 0.717) is 57.7 Å². The highest BCUT2D eigenvalue weighted by Crippen LogP contribution is 2.26. The Labute approximate surface area is 223 Å². The number of aliphatic imine (C=N–C) groups is 1. The van der Waals surface area contributed by atoms with Crippen molar-refractivity contribution >= 4 is 39.8 Å². The summed E-state index contributed by atoms with van der Waals surface area (Å²) in [5.41, 5.74) is 2.57. The smallest absolute Gasteiger partial charge is 0.358 e. The number of quaternary nitrogens is 1. The number of nitro groups is 1. The van der Waals surface area contributed by atoms with Gasteiger partial charge in [0.1, 0.15) is 36.0 Å². The van der Waals surface area contributed by atoms with Gasteiger partial charge in [-0.25, -0.2) is 19.3 Å². The molecule has 0 radical (unpaired) electrons. The monoisotopic (exact) mass is 529 g/mol. The fourth-order valence-electron chi connectivity index (χ4n) is 4.16. The molecular weight excluding hydrogens is 503 g/mol. The van der Waals surface area contributed by atoms with Crippen LogP contribution in [0.2, 0.25) is 0 Å². The zero-order valence-corrected chi connectivity index (χ0v) is 21.6. The van der Waals surface area contributed by atoms with E-state index >= 15 is 0 Å². The minimum atomic E-state index is -0.499. The largest absolute Gasteiger partial charge is 0.368 e. The number of terminal acetylenes is 1. The third-order valence-corrected chi connectivity index (χ3v) is 5.90. The van der Waals surface area contributed by atoms with Crippen molar-refractivity contribution in [2.45, 2.75) is 13.3 Å². The molecule has 0 saturated heterocycles. The number of nitrogens with zero attached hydrogens (tertiary/aromatic N) is 6. The maximum Gasteiger partial charge on any atom is 0.368 e. The summed E-state index contributed by atoms with van der Waals surface area (Å²) >= 11 is 0. The summed E-state index contributed by atoms with van der Waals surface area (Å²) in [7, 11) is 3.85. The highest BCUT2D eigenvalue weighted by atomic mass is 19.1. The van der Waals surface area contributed by atoms with E-state index < -0.39 is 16.6 Å². The number of hydrogen-bond acceptors (Lipinski definition) is 8. The van der Waals surface area contributed by atoms with Gasteiger partial charge in [-0.2, -0.15) is 0 Å². The molecule has 198 valence electrons. The van der Waals surface area contributed by atoms with E-state index in [4.69, 9.17) is 6.42 Å². The van der Waals surface area contributed by atoms with Crippen LogP contribution in [0.15, 0.2) is 65.3 Å². The third-order valence-electron chi connectivity index (χ3n) is 5.90. The van der Waals surface area contributed by atoms with E-state index in [0.717, 1.165) is 0 Å². The first-order chi connectivity index (χ1) is 18.5. The number of carbonyl (C=O) groups is 1. The molecule has 0 atom stereocenters. The Balaban J connectivity index is 1.43. The van der Waals surface area contributed by atoms with Crippen LogP contribution in [0.4, 0.5) is 21.7 Å². The molecule has 3 heterocycles. The molecule has 0 fully saturated rings. The molecule has 0 bridgehead atoms. The Morgan fingerprint density at radius 1 is 1.28 bits per heavy atom. The SMILES string of the molecule is C#Cc1cc(Nc2ncnc3cnc(NC(=O)/C=C/C[N+](C)(C)CC4=C([N+](=O)[O-])N=C(C)C4)cc23)ccc1F. The van der Waals surface area contributed by atoms with Crippen molar-refractivity contribution in [3.63, 3.8) is 0 Å². The lowest BCUT2D eigenvalue weighted by molar-refractivity contribution is -0.880. The number of halogens is 1. The number of nitrogens with one attached hydrogen (secondary N) is 2. The van der Waals surface area contributed by atoms with Gasteiger partial charge >= 0.3 is 5.82 Å². The number of pyridine rings is 1. The Morgan fingerprint density at radius 3 is 2.82 bits per heavy atom. The number of carbonyl (C=O) groups excluding carboxylic acids is 1. The van der Waals surface area contributed by atoms with Crippen LogP contribution in [-0.4, -0.2) is 63.2 Å². The van der Waals surface area contributed by atoms with Crippen molar-refractivity contribution in [3.05, 3.63) is 81.8 Å². The van der Waals surface area contributed by atoms with E-state index in [1.165, 1.54) is 36.8 Å². The Bertz CT molecular complexity index is 1600. The molecule has 1 aliphatic rings. The van der Waals surface area contributed by atoms with Gasteiger partial charge in [0.2, 0.25) is 5.91 Å². The lowest BCUT2D eigenvalue weighted by atomic mass is 10.1. The van der Waals surface area contributed by atoms with Gasteiger partial charge in [0.15, 0.2) is 0 Å². The van der Waals surface area contributed by atoms with Gasteiger partial charge in [0.05, 0.1) is 43.5 Å². The minimum absolute atomic E-state index is 0.0865. The maximum atomic E-state index is 13.8. The molecule has 39 heavy (non-hydrogen) atoms. The molecule has 0 aliphatic carbocycles. The van der Waals surface area contributed by atoms with Crippen molar-refractivity contribution in [1.29, 1.82) is 0 Å². The summed E-state index contributed by atoms with van der Waals surface area (Å²) in [4.78, 5) is 40.1. The summed E-state index contributed by atoms with van der Waals surface area (Å²) in [5, 5.41) is 17.7. The van der Waals surface area contributed by atoms with E-state index in [-0.39, 0.29) is 17.2 Å². The van der Waals surface area contributed by atoms with Crippen LogP contribution in [-0.2, 0) is 4.79 Å². The standard InChI is InChI=1S/C27H25FN8O3/c1-5-18-12-20(8-9-22(18)28)33-26-21-13-24(29-14-23(21)30-16-31-26)34-25(37)7-6-10-36(3,4)15-19-11-17(2)32-27(19)35(38)39/h1,6-9,12-14,16H,10-11,15H2,2-4H3,(H-,29,30,31,33,34,37)/p+1/b7-6+. The van der Waals surface area contributed by atoms with Crippen molar-refractivity contribution < 1.29 is 18.6 Å². The van der Waals surface area contributed by atoms with Crippen LogP contribution < -0.4 is 10.6 Å². The molecule has 0 spiro atoms. The molecule has 11 nitrogen and oxygen atoms in total. The van der Waals surface area contributed by atoms with Gasteiger partial charge in [-0.15, -0.1) is 6.42 Å². The van der Waals surface area contributed by atoms with Crippen molar-refractivity contribution in [3.8, 4) is 12.3 Å². The maximum absolute atomic E-state index is 13.8. The molecule has 12 heteroatoms. The fourth-order valence-corrected chi connectivity index (χ4v) is 4.16. The molecule has 1 amide bonds. The first-order valence-electron chi connectivity index (χ1n) is 11.9. The molecular formula is C27H26FN8O3+. The topological polar surface area (TPSA) is 135 Å². The van der Waals surface area contributed by atoms with Gasteiger partial charge < -0.3 is 25.2 Å². The van der Waals surface area contributed by atoms with Crippen molar-refractivity contribution in [1.82, 2.24) is 15.0 Å². The second kappa shape index (κ2) is 11.2. The molecule has 0 unspecified atom stereocenters. The second-order valence-electron chi connectivity index (χ2n) is 9.65. The lowest BCUT2D eigenvalue weighted by Crippen LogP contribution is -2.41. The summed E-state index contributed by atoms with van der Waals surface area (Å²) < 4.78 is 14.2. The molecule has 2 N–H and O–H groups in total. The molecule has 1 aliphatic heterocycles. The number of likely N-dealkylation sites (N-methyl/N-ethyl adjacent to an activating group) is 1. The molecule has 1 aromatic carbocycles. The molecule has 4 rings (SSSR count). The normalized spacial score (nSPS) is 13.5. The van der Waals surface area contributed by atoms with Gasteiger partial charge in [0.25, 0.3) is 0 Å². The minimum Gasteiger partial charge on any atom is -0.358 e. The van der Waals surface area contributed by atoms with Crippen LogP contribution in [0.5, 0.6) is 0 Å². The fraction of sp³-hybridized carbons (Fsp3) is 0.222. The number of aromatic nitrogens is 3. The summed E-state index contributed by atoms with van der Waals surface area (Å²) in [6.07, 6.45) is 11.8. The zero-order chi connectivity index (χ0) is 28.2. The van der Waals surface area contributed by atoms with Crippen molar-refractivity contribution in [2.24, 2.45) is 4.99 Å². The van der Waals surface area contributed by atoms with Crippen LogP contribution in [0.25, 0.3) is 10.9 Å². The van der Waals surface area contributed by atoms with Crippen LogP contribution >= 0.6 is 0 Å². The van der Waals surface area contributed by atoms with Crippen LogP contribution in [0.1, 0.15) is 18.9 Å². The van der Waals surface area contributed by atoms with Gasteiger partial charge in [-0.3, -0.25) is 4.79 Å². The first kappa shape index (κ1) is 27.0. The van der Waals surface area contributed by atoms with Crippen LogP contribution in [0.3, 0.4) is 0 Å². The molecule has 0 saturated carbocycles. The summed E-state index contributed by atoms with van der Waals surface area (Å²) in [5.74, 6) is 2.03. The Kier molecular flexibility index (Phi) is 7.73. The predicted octanol–water partition coefficient (Wildman–Crippen LogP) is 3.81. The predicted molar refractivity (Wildman–Crippen MR) is 146 cm³/mol. The number of anilines is 3. The number of benzene rings is 1. The van der Waals surface area contributed by atoms with Crippen LogP contribution in [0, 0.1) is 28.3 Å². The quantitative estimate of drug-likeness (QED) is 0.141. The average molecular weight is 530 g/mol. The Morgan fingerprint density at radius 2 is 2.08 bits per heavy atom. The summed E-state index contributed by atoms with van der Waals surface area (Å²) in [6.45, 7) is 2.66. The highest BCUT2D eigenvalue weighted by molar-refractivity contribution is 6.00. The Hall–Kier alpha value is -5.02. The van der Waals surface area contributed by atoms with E-state index in [2.05, 4.69) is 36.5 Å². The molecule has 3 aromatic rings. The molecule has 2 aromatic heterocycles. The highest BCUT2D eigenvalue weighted by Gasteiger charge is 2.31.